The van der Waals surface area contributed by atoms with Crippen LogP contribution in [0.15, 0.2) is 36.5 Å². The van der Waals surface area contributed by atoms with Crippen LogP contribution in [0.3, 0.4) is 0 Å². The molecule has 0 aliphatic rings. The predicted octanol–water partition coefficient (Wildman–Crippen LogP) is 2.07. The van der Waals surface area contributed by atoms with Gasteiger partial charge < -0.3 is 16.8 Å². The van der Waals surface area contributed by atoms with Crippen LogP contribution in [0.4, 0.5) is 17.2 Å². The van der Waals surface area contributed by atoms with E-state index in [1.54, 1.807) is 6.07 Å². The fourth-order valence-corrected chi connectivity index (χ4v) is 1.84. The van der Waals surface area contributed by atoms with Crippen molar-refractivity contribution < 1.29 is 4.79 Å². The first kappa shape index (κ1) is 12.9. The van der Waals surface area contributed by atoms with Crippen molar-refractivity contribution in [3.05, 3.63) is 47.7 Å². The molecule has 1 aromatic carbocycles. The molecule has 5 N–H and O–H groups in total. The Hall–Kier alpha value is -2.56. The van der Waals surface area contributed by atoms with E-state index in [1.807, 2.05) is 24.3 Å². The summed E-state index contributed by atoms with van der Waals surface area (Å²) in [6, 6.07) is 9.47. The standard InChI is InChI=1S/C14H16N4O/c1-2-9-5-3-4-6-12(9)18-13-7-10(14(16)19)11(15)8-17-13/h3-8H,2,15H2,1H3,(H2,16,19)(H,17,18). The van der Waals surface area contributed by atoms with Crippen LogP contribution in [-0.4, -0.2) is 10.9 Å². The minimum atomic E-state index is -0.563. The van der Waals surface area contributed by atoms with E-state index in [9.17, 15) is 4.79 Å². The summed E-state index contributed by atoms with van der Waals surface area (Å²) in [6.07, 6.45) is 2.33. The van der Waals surface area contributed by atoms with Crippen molar-refractivity contribution in [2.24, 2.45) is 5.73 Å². The Kier molecular flexibility index (Phi) is 3.66. The molecule has 19 heavy (non-hydrogen) atoms. The second-order valence-electron chi connectivity index (χ2n) is 4.16. The summed E-state index contributed by atoms with van der Waals surface area (Å²) in [7, 11) is 0. The minimum Gasteiger partial charge on any atom is -0.397 e. The number of nitrogens with one attached hydrogen (secondary N) is 1. The summed E-state index contributed by atoms with van der Waals surface area (Å²) in [5, 5.41) is 3.17. The maximum atomic E-state index is 11.2. The van der Waals surface area contributed by atoms with Gasteiger partial charge in [-0.3, -0.25) is 4.79 Å². The number of hydrogen-bond donors (Lipinski definition) is 3. The van der Waals surface area contributed by atoms with Crippen molar-refractivity contribution in [3.63, 3.8) is 0 Å². The number of carbonyl (C=O) groups is 1. The number of carbonyl (C=O) groups excluding carboxylic acids is 1. The largest absolute Gasteiger partial charge is 0.397 e. The van der Waals surface area contributed by atoms with Crippen LogP contribution >= 0.6 is 0 Å². The Labute approximate surface area is 111 Å². The minimum absolute atomic E-state index is 0.270. The summed E-state index contributed by atoms with van der Waals surface area (Å²) in [5.41, 5.74) is 13.6. The van der Waals surface area contributed by atoms with Gasteiger partial charge in [0.15, 0.2) is 0 Å². The number of primary amides is 1. The van der Waals surface area contributed by atoms with Crippen LogP contribution in [0.5, 0.6) is 0 Å². The van der Waals surface area contributed by atoms with Crippen LogP contribution in [0.2, 0.25) is 0 Å². The summed E-state index contributed by atoms with van der Waals surface area (Å²) in [6.45, 7) is 2.08. The molecule has 5 nitrogen and oxygen atoms in total. The molecule has 2 rings (SSSR count). The quantitative estimate of drug-likeness (QED) is 0.780. The second kappa shape index (κ2) is 5.39. The lowest BCUT2D eigenvalue weighted by atomic mass is 10.1. The van der Waals surface area contributed by atoms with E-state index in [-0.39, 0.29) is 11.3 Å². The van der Waals surface area contributed by atoms with Gasteiger partial charge in [0, 0.05) is 5.69 Å². The number of anilines is 3. The van der Waals surface area contributed by atoms with Gasteiger partial charge >= 0.3 is 0 Å². The van der Waals surface area contributed by atoms with Gasteiger partial charge in [0.1, 0.15) is 5.82 Å². The molecule has 1 amide bonds. The zero-order valence-corrected chi connectivity index (χ0v) is 10.7. The molecule has 1 heterocycles. The van der Waals surface area contributed by atoms with E-state index in [0.29, 0.717) is 5.82 Å². The fraction of sp³-hybridized carbons (Fsp3) is 0.143. The molecule has 98 valence electrons. The van der Waals surface area contributed by atoms with Gasteiger partial charge in [-0.25, -0.2) is 4.98 Å². The highest BCUT2D eigenvalue weighted by Gasteiger charge is 2.08. The summed E-state index contributed by atoms with van der Waals surface area (Å²) >= 11 is 0. The molecular formula is C14H16N4O. The number of rotatable bonds is 4. The van der Waals surface area contributed by atoms with Gasteiger partial charge in [0.25, 0.3) is 5.91 Å². The second-order valence-corrected chi connectivity index (χ2v) is 4.16. The lowest BCUT2D eigenvalue weighted by Gasteiger charge is -2.11. The maximum absolute atomic E-state index is 11.2. The van der Waals surface area contributed by atoms with Crippen LogP contribution in [0, 0.1) is 0 Å². The third-order valence-electron chi connectivity index (χ3n) is 2.86. The molecule has 0 saturated carbocycles. The number of pyridine rings is 1. The van der Waals surface area contributed by atoms with Gasteiger partial charge in [0.05, 0.1) is 17.4 Å². The zero-order chi connectivity index (χ0) is 13.8. The Balaban J connectivity index is 2.33. The Morgan fingerprint density at radius 1 is 1.37 bits per heavy atom. The Bertz CT molecular complexity index is 610. The van der Waals surface area contributed by atoms with Gasteiger partial charge in [-0.1, -0.05) is 25.1 Å². The molecule has 0 aliphatic heterocycles. The highest BCUT2D eigenvalue weighted by atomic mass is 16.1. The molecule has 0 aliphatic carbocycles. The molecule has 0 bridgehead atoms. The van der Waals surface area contributed by atoms with E-state index in [0.717, 1.165) is 12.1 Å². The number of aromatic nitrogens is 1. The molecular weight excluding hydrogens is 240 g/mol. The number of nitrogen functional groups attached to an aromatic ring is 1. The van der Waals surface area contributed by atoms with Crippen molar-refractivity contribution in [3.8, 4) is 0 Å². The first-order chi connectivity index (χ1) is 9.11. The highest BCUT2D eigenvalue weighted by Crippen LogP contribution is 2.22. The van der Waals surface area contributed by atoms with E-state index < -0.39 is 5.91 Å². The maximum Gasteiger partial charge on any atom is 0.250 e. The van der Waals surface area contributed by atoms with Crippen molar-refractivity contribution in [1.82, 2.24) is 4.98 Å². The zero-order valence-electron chi connectivity index (χ0n) is 10.7. The lowest BCUT2D eigenvalue weighted by molar-refractivity contribution is 0.100. The Morgan fingerprint density at radius 2 is 2.11 bits per heavy atom. The summed E-state index contributed by atoms with van der Waals surface area (Å²) in [5.74, 6) is -0.0179. The van der Waals surface area contributed by atoms with Crippen molar-refractivity contribution in [2.75, 3.05) is 11.1 Å². The van der Waals surface area contributed by atoms with E-state index in [1.165, 1.54) is 11.8 Å². The lowest BCUT2D eigenvalue weighted by Crippen LogP contribution is -2.14. The predicted molar refractivity (Wildman–Crippen MR) is 76.3 cm³/mol. The summed E-state index contributed by atoms with van der Waals surface area (Å²) < 4.78 is 0. The van der Waals surface area contributed by atoms with E-state index in [2.05, 4.69) is 17.2 Å². The Morgan fingerprint density at radius 3 is 2.79 bits per heavy atom. The van der Waals surface area contributed by atoms with Crippen LogP contribution in [0.1, 0.15) is 22.8 Å². The molecule has 0 saturated heterocycles. The third-order valence-corrected chi connectivity index (χ3v) is 2.86. The highest BCUT2D eigenvalue weighted by molar-refractivity contribution is 5.98. The molecule has 5 heteroatoms. The van der Waals surface area contributed by atoms with Crippen molar-refractivity contribution in [1.29, 1.82) is 0 Å². The van der Waals surface area contributed by atoms with Gasteiger partial charge in [-0.05, 0) is 24.1 Å². The van der Waals surface area contributed by atoms with Crippen LogP contribution < -0.4 is 16.8 Å². The normalized spacial score (nSPS) is 10.2. The molecule has 0 unspecified atom stereocenters. The summed E-state index contributed by atoms with van der Waals surface area (Å²) in [4.78, 5) is 15.4. The molecule has 0 spiro atoms. The third kappa shape index (κ3) is 2.82. The van der Waals surface area contributed by atoms with E-state index in [4.69, 9.17) is 11.5 Å². The molecule has 0 radical (unpaired) electrons. The van der Waals surface area contributed by atoms with Gasteiger partial charge in [-0.2, -0.15) is 0 Å². The van der Waals surface area contributed by atoms with Gasteiger partial charge in [0.2, 0.25) is 0 Å². The van der Waals surface area contributed by atoms with Crippen LogP contribution in [-0.2, 0) is 6.42 Å². The van der Waals surface area contributed by atoms with Crippen molar-refractivity contribution >= 4 is 23.1 Å². The smallest absolute Gasteiger partial charge is 0.250 e. The van der Waals surface area contributed by atoms with E-state index >= 15 is 0 Å². The first-order valence-electron chi connectivity index (χ1n) is 6.02. The number of amides is 1. The fourth-order valence-electron chi connectivity index (χ4n) is 1.84. The number of hydrogen-bond acceptors (Lipinski definition) is 4. The molecule has 2 aromatic rings. The van der Waals surface area contributed by atoms with Crippen LogP contribution in [0.25, 0.3) is 0 Å². The average Bonchev–Trinajstić information content (AvgIpc) is 2.41. The molecule has 0 fully saturated rings. The number of para-hydroxylation sites is 1. The molecule has 0 atom stereocenters. The SMILES string of the molecule is CCc1ccccc1Nc1cc(C(N)=O)c(N)cn1. The topological polar surface area (TPSA) is 94.0 Å². The average molecular weight is 256 g/mol. The first-order valence-corrected chi connectivity index (χ1v) is 6.02. The van der Waals surface area contributed by atoms with Crippen molar-refractivity contribution in [2.45, 2.75) is 13.3 Å². The number of benzene rings is 1. The monoisotopic (exact) mass is 256 g/mol. The number of nitrogens with two attached hydrogens (primary N) is 2. The van der Waals surface area contributed by atoms with Gasteiger partial charge in [-0.15, -0.1) is 0 Å². The number of nitrogens with zero attached hydrogens (tertiary/aromatic N) is 1. The molecule has 1 aromatic heterocycles. The number of aryl methyl sites for hydroxylation is 1.